The smallest absolute Gasteiger partial charge is 0.208 e. The lowest BCUT2D eigenvalue weighted by molar-refractivity contribution is 0.0439. The van der Waals surface area contributed by atoms with Gasteiger partial charge in [-0.1, -0.05) is 19.3 Å². The molecule has 3 N–H and O–H groups in total. The molecule has 7 heteroatoms. The highest BCUT2D eigenvalue weighted by Crippen LogP contribution is 2.21. The lowest BCUT2D eigenvalue weighted by Crippen LogP contribution is -2.48. The van der Waals surface area contributed by atoms with Crippen LogP contribution in [0.5, 0.6) is 0 Å². The molecule has 0 spiro atoms. The summed E-state index contributed by atoms with van der Waals surface area (Å²) in [6, 6.07) is 0.369. The van der Waals surface area contributed by atoms with Crippen LogP contribution in [-0.2, 0) is 14.8 Å². The van der Waals surface area contributed by atoms with Crippen LogP contribution in [0.3, 0.4) is 0 Å². The quantitative estimate of drug-likeness (QED) is 0.641. The zero-order chi connectivity index (χ0) is 13.9. The van der Waals surface area contributed by atoms with Gasteiger partial charge in [0.2, 0.25) is 10.0 Å². The van der Waals surface area contributed by atoms with Gasteiger partial charge in [0.05, 0.1) is 31.1 Å². The number of nitrogens with one attached hydrogen (secondary N) is 2. The predicted molar refractivity (Wildman–Crippen MR) is 72.4 cm³/mol. The zero-order valence-electron chi connectivity index (χ0n) is 11.3. The average molecular weight is 292 g/mol. The highest BCUT2D eigenvalue weighted by atomic mass is 32.2. The third-order valence-electron chi connectivity index (χ3n) is 3.88. The molecule has 1 aliphatic heterocycles. The van der Waals surface area contributed by atoms with Gasteiger partial charge in [0.25, 0.3) is 0 Å². The molecule has 0 bridgehead atoms. The van der Waals surface area contributed by atoms with Crippen molar-refractivity contribution in [2.24, 2.45) is 0 Å². The van der Waals surface area contributed by atoms with E-state index < -0.39 is 22.2 Å². The van der Waals surface area contributed by atoms with Gasteiger partial charge < -0.3 is 15.2 Å². The monoisotopic (exact) mass is 292 g/mol. The molecule has 112 valence electrons. The summed E-state index contributed by atoms with van der Waals surface area (Å²) in [7, 11) is -3.24. The van der Waals surface area contributed by atoms with Gasteiger partial charge in [-0.2, -0.15) is 0 Å². The van der Waals surface area contributed by atoms with Crippen molar-refractivity contribution in [1.82, 2.24) is 10.0 Å². The fourth-order valence-corrected chi connectivity index (χ4v) is 3.28. The van der Waals surface area contributed by atoms with Crippen molar-refractivity contribution in [1.29, 1.82) is 0 Å². The molecule has 1 heterocycles. The zero-order valence-corrected chi connectivity index (χ0v) is 12.2. The predicted octanol–water partition coefficient (Wildman–Crippen LogP) is -0.414. The Kier molecular flexibility index (Phi) is 5.19. The molecule has 1 saturated heterocycles. The van der Waals surface area contributed by atoms with E-state index in [0.29, 0.717) is 12.6 Å². The van der Waals surface area contributed by atoms with Gasteiger partial charge >= 0.3 is 0 Å². The van der Waals surface area contributed by atoms with Crippen LogP contribution >= 0.6 is 0 Å². The van der Waals surface area contributed by atoms with Crippen molar-refractivity contribution in [3.05, 3.63) is 0 Å². The summed E-state index contributed by atoms with van der Waals surface area (Å²) >= 11 is 0. The van der Waals surface area contributed by atoms with Crippen LogP contribution in [-0.4, -0.2) is 57.2 Å². The fourth-order valence-electron chi connectivity index (χ4n) is 2.82. The third kappa shape index (κ3) is 4.68. The molecule has 1 aliphatic carbocycles. The van der Waals surface area contributed by atoms with Crippen molar-refractivity contribution in [2.45, 2.75) is 56.4 Å². The van der Waals surface area contributed by atoms with Gasteiger partial charge in [-0.15, -0.1) is 0 Å². The van der Waals surface area contributed by atoms with Gasteiger partial charge in [0, 0.05) is 12.6 Å². The standard InChI is InChI=1S/C12H24N2O4S/c1-19(16,17)13-7-11-12(15)10(8-18-11)14-9-5-3-2-4-6-9/h9-15H,2-8H2,1H3. The van der Waals surface area contributed by atoms with E-state index in [4.69, 9.17) is 4.74 Å². The molecule has 3 unspecified atom stereocenters. The maximum atomic E-state index is 11.0. The normalized spacial score (nSPS) is 33.7. The minimum absolute atomic E-state index is 0.0885. The van der Waals surface area contributed by atoms with E-state index >= 15 is 0 Å². The van der Waals surface area contributed by atoms with E-state index in [9.17, 15) is 13.5 Å². The van der Waals surface area contributed by atoms with Crippen LogP contribution in [0.1, 0.15) is 32.1 Å². The Morgan fingerprint density at radius 2 is 1.95 bits per heavy atom. The number of hydrogen-bond donors (Lipinski definition) is 3. The van der Waals surface area contributed by atoms with Crippen molar-refractivity contribution < 1.29 is 18.3 Å². The second kappa shape index (κ2) is 6.49. The lowest BCUT2D eigenvalue weighted by atomic mass is 9.94. The van der Waals surface area contributed by atoms with Crippen LogP contribution < -0.4 is 10.0 Å². The molecule has 19 heavy (non-hydrogen) atoms. The van der Waals surface area contributed by atoms with Crippen LogP contribution in [0.4, 0.5) is 0 Å². The minimum Gasteiger partial charge on any atom is -0.389 e. The van der Waals surface area contributed by atoms with Crippen LogP contribution in [0.25, 0.3) is 0 Å². The van der Waals surface area contributed by atoms with E-state index in [1.807, 2.05) is 0 Å². The first-order chi connectivity index (χ1) is 8.96. The van der Waals surface area contributed by atoms with E-state index in [2.05, 4.69) is 10.0 Å². The second-order valence-electron chi connectivity index (χ2n) is 5.59. The van der Waals surface area contributed by atoms with Crippen molar-refractivity contribution in [3.8, 4) is 0 Å². The van der Waals surface area contributed by atoms with Crippen molar-refractivity contribution >= 4 is 10.0 Å². The Labute approximate surface area is 115 Å². The van der Waals surface area contributed by atoms with Gasteiger partial charge in [-0.25, -0.2) is 13.1 Å². The van der Waals surface area contributed by atoms with Crippen molar-refractivity contribution in [2.75, 3.05) is 19.4 Å². The van der Waals surface area contributed by atoms with Gasteiger partial charge in [-0.3, -0.25) is 0 Å². The maximum Gasteiger partial charge on any atom is 0.208 e. The number of rotatable bonds is 5. The first kappa shape index (κ1) is 15.2. The molecule has 0 aromatic carbocycles. The molecule has 6 nitrogen and oxygen atoms in total. The molecule has 0 radical (unpaired) electrons. The molecule has 1 saturated carbocycles. The highest BCUT2D eigenvalue weighted by molar-refractivity contribution is 7.88. The molecule has 0 amide bonds. The first-order valence-corrected chi connectivity index (χ1v) is 8.85. The van der Waals surface area contributed by atoms with E-state index in [-0.39, 0.29) is 12.6 Å². The van der Waals surface area contributed by atoms with Gasteiger partial charge in [-0.05, 0) is 12.8 Å². The van der Waals surface area contributed by atoms with E-state index in [1.165, 1.54) is 19.3 Å². The summed E-state index contributed by atoms with van der Waals surface area (Å²) in [6.45, 7) is 0.566. The molecule has 0 aromatic heterocycles. The first-order valence-electron chi connectivity index (χ1n) is 6.96. The van der Waals surface area contributed by atoms with Gasteiger partial charge in [0.1, 0.15) is 0 Å². The third-order valence-corrected chi connectivity index (χ3v) is 4.58. The van der Waals surface area contributed by atoms with Crippen LogP contribution in [0, 0.1) is 0 Å². The Hall–Kier alpha value is -0.210. The summed E-state index contributed by atoms with van der Waals surface area (Å²) in [5.41, 5.74) is 0. The largest absolute Gasteiger partial charge is 0.389 e. The Balaban J connectivity index is 1.78. The number of aliphatic hydroxyl groups is 1. The molecule has 3 atom stereocenters. The Bertz CT molecular complexity index is 381. The highest BCUT2D eigenvalue weighted by Gasteiger charge is 2.37. The van der Waals surface area contributed by atoms with Crippen molar-refractivity contribution in [3.63, 3.8) is 0 Å². The summed E-state index contributed by atoms with van der Waals surface area (Å²) in [5, 5.41) is 13.6. The Morgan fingerprint density at radius 1 is 1.26 bits per heavy atom. The van der Waals surface area contributed by atoms with Crippen LogP contribution in [0.15, 0.2) is 0 Å². The van der Waals surface area contributed by atoms with Gasteiger partial charge in [0.15, 0.2) is 0 Å². The number of hydrogen-bond acceptors (Lipinski definition) is 5. The summed E-state index contributed by atoms with van der Waals surface area (Å²) in [5.74, 6) is 0. The molecule has 2 aliphatic rings. The summed E-state index contributed by atoms with van der Waals surface area (Å²) in [4.78, 5) is 0. The number of aliphatic hydroxyl groups excluding tert-OH is 1. The molecular weight excluding hydrogens is 268 g/mol. The molecule has 2 rings (SSSR count). The topological polar surface area (TPSA) is 87.7 Å². The minimum atomic E-state index is -3.24. The SMILES string of the molecule is CS(=O)(=O)NCC1OCC(NC2CCCCC2)C1O. The number of ether oxygens (including phenoxy) is 1. The number of sulfonamides is 1. The summed E-state index contributed by atoms with van der Waals surface area (Å²) in [6.07, 6.45) is 6.05. The van der Waals surface area contributed by atoms with E-state index in [1.54, 1.807) is 0 Å². The molecular formula is C12H24N2O4S. The lowest BCUT2D eigenvalue weighted by Gasteiger charge is -2.27. The average Bonchev–Trinajstić information content (AvgIpc) is 2.69. The Morgan fingerprint density at radius 3 is 2.58 bits per heavy atom. The fraction of sp³-hybridized carbons (Fsp3) is 1.00. The summed E-state index contributed by atoms with van der Waals surface area (Å²) < 4.78 is 29.9. The van der Waals surface area contributed by atoms with E-state index in [0.717, 1.165) is 19.1 Å². The second-order valence-corrected chi connectivity index (χ2v) is 7.42. The molecule has 2 fully saturated rings. The van der Waals surface area contributed by atoms with Crippen LogP contribution in [0.2, 0.25) is 0 Å². The maximum absolute atomic E-state index is 11.0. The molecule has 0 aromatic rings.